The number of hydrogen-bond donors (Lipinski definition) is 1. The molecule has 0 saturated heterocycles. The number of phenols is 1. The Kier molecular flexibility index (Phi) is 4.90. The minimum absolute atomic E-state index is 0.0831. The van der Waals surface area contributed by atoms with Gasteiger partial charge in [-0.3, -0.25) is 0 Å². The maximum atomic E-state index is 9.82. The molecule has 3 rings (SSSR count). The third-order valence-electron chi connectivity index (χ3n) is 4.43. The number of fused-ring (bicyclic) bond motifs is 1. The van der Waals surface area contributed by atoms with E-state index in [0.717, 1.165) is 11.1 Å². The summed E-state index contributed by atoms with van der Waals surface area (Å²) in [6.07, 6.45) is 0.0835. The summed E-state index contributed by atoms with van der Waals surface area (Å²) >= 11 is 0. The fourth-order valence-electron chi connectivity index (χ4n) is 3.08. The summed E-state index contributed by atoms with van der Waals surface area (Å²) in [5.41, 5.74) is 1.80. The van der Waals surface area contributed by atoms with Crippen LogP contribution in [0.25, 0.3) is 0 Å². The van der Waals surface area contributed by atoms with E-state index in [1.807, 2.05) is 12.1 Å². The largest absolute Gasteiger partial charge is 0.504 e. The number of hydrogen-bond acceptors (Lipinski definition) is 6. The summed E-state index contributed by atoms with van der Waals surface area (Å²) in [6.45, 7) is 0. The first-order chi connectivity index (χ1) is 12.1. The molecule has 134 valence electrons. The van der Waals surface area contributed by atoms with Gasteiger partial charge in [0.25, 0.3) is 0 Å². The van der Waals surface area contributed by atoms with Crippen molar-refractivity contribution in [3.63, 3.8) is 0 Å². The average Bonchev–Trinajstić information content (AvgIpc) is 2.66. The zero-order chi connectivity index (χ0) is 18.0. The van der Waals surface area contributed by atoms with Crippen LogP contribution in [-0.4, -0.2) is 39.6 Å². The van der Waals surface area contributed by atoms with Crippen molar-refractivity contribution in [3.05, 3.63) is 41.5 Å². The van der Waals surface area contributed by atoms with Crippen LogP contribution in [0.15, 0.2) is 30.3 Å². The molecule has 1 aliphatic heterocycles. The van der Waals surface area contributed by atoms with E-state index < -0.39 is 0 Å². The van der Waals surface area contributed by atoms with Crippen LogP contribution in [0, 0.1) is 0 Å². The summed E-state index contributed by atoms with van der Waals surface area (Å²) in [5, 5.41) is 9.82. The van der Waals surface area contributed by atoms with E-state index in [2.05, 4.69) is 0 Å². The lowest BCUT2D eigenvalue weighted by Crippen LogP contribution is -2.32. The number of ether oxygens (including phenoxy) is 5. The van der Waals surface area contributed by atoms with Gasteiger partial charge in [-0.25, -0.2) is 0 Å². The molecule has 0 bridgehead atoms. The molecule has 2 unspecified atom stereocenters. The Balaban J connectivity index is 2.03. The SMILES string of the molecule is COc1cc(OC)c2c(c1)OC(c1ccc(O)c(OC)c1)C(OC)C2. The van der Waals surface area contributed by atoms with Crippen LogP contribution in [0.4, 0.5) is 0 Å². The molecule has 6 heteroatoms. The maximum Gasteiger partial charge on any atom is 0.160 e. The Morgan fingerprint density at radius 2 is 1.72 bits per heavy atom. The third kappa shape index (κ3) is 3.17. The zero-order valence-corrected chi connectivity index (χ0v) is 14.7. The predicted octanol–water partition coefficient (Wildman–Crippen LogP) is 3.11. The highest BCUT2D eigenvalue weighted by molar-refractivity contribution is 5.53. The van der Waals surface area contributed by atoms with E-state index in [9.17, 15) is 5.11 Å². The molecule has 2 aromatic carbocycles. The van der Waals surface area contributed by atoms with E-state index in [-0.39, 0.29) is 18.0 Å². The lowest BCUT2D eigenvalue weighted by atomic mass is 9.93. The van der Waals surface area contributed by atoms with Gasteiger partial charge in [-0.2, -0.15) is 0 Å². The molecule has 0 saturated carbocycles. The lowest BCUT2D eigenvalue weighted by molar-refractivity contribution is -0.0122. The van der Waals surface area contributed by atoms with E-state index in [1.165, 1.54) is 7.11 Å². The molecule has 0 radical (unpaired) electrons. The smallest absolute Gasteiger partial charge is 0.160 e. The molecule has 0 spiro atoms. The van der Waals surface area contributed by atoms with Crippen LogP contribution in [0.2, 0.25) is 0 Å². The summed E-state index contributed by atoms with van der Waals surface area (Å²) in [5.74, 6) is 2.54. The minimum atomic E-state index is -0.344. The fraction of sp³-hybridized carbons (Fsp3) is 0.368. The monoisotopic (exact) mass is 346 g/mol. The number of benzene rings is 2. The van der Waals surface area contributed by atoms with Gasteiger partial charge in [-0.05, 0) is 17.7 Å². The van der Waals surface area contributed by atoms with E-state index in [0.29, 0.717) is 29.4 Å². The van der Waals surface area contributed by atoms with Gasteiger partial charge < -0.3 is 28.8 Å². The Labute approximate surface area is 146 Å². The molecule has 0 fully saturated rings. The second kappa shape index (κ2) is 7.11. The van der Waals surface area contributed by atoms with Crippen molar-refractivity contribution in [1.29, 1.82) is 0 Å². The van der Waals surface area contributed by atoms with Crippen LogP contribution in [0.5, 0.6) is 28.7 Å². The van der Waals surface area contributed by atoms with Crippen molar-refractivity contribution in [3.8, 4) is 28.7 Å². The second-order valence-electron chi connectivity index (χ2n) is 5.75. The molecular formula is C19H22O6. The van der Waals surface area contributed by atoms with E-state index >= 15 is 0 Å². The number of phenolic OH excluding ortho intramolecular Hbond substituents is 1. The van der Waals surface area contributed by atoms with E-state index in [4.69, 9.17) is 23.7 Å². The van der Waals surface area contributed by atoms with Crippen molar-refractivity contribution in [1.82, 2.24) is 0 Å². The van der Waals surface area contributed by atoms with Gasteiger partial charge in [-0.1, -0.05) is 6.07 Å². The second-order valence-corrected chi connectivity index (χ2v) is 5.75. The highest BCUT2D eigenvalue weighted by Gasteiger charge is 2.34. The summed E-state index contributed by atoms with van der Waals surface area (Å²) in [7, 11) is 6.39. The zero-order valence-electron chi connectivity index (χ0n) is 14.7. The minimum Gasteiger partial charge on any atom is -0.504 e. The van der Waals surface area contributed by atoms with Crippen molar-refractivity contribution < 1.29 is 28.8 Å². The van der Waals surface area contributed by atoms with Gasteiger partial charge in [0, 0.05) is 31.2 Å². The van der Waals surface area contributed by atoms with Gasteiger partial charge in [0.2, 0.25) is 0 Å². The van der Waals surface area contributed by atoms with Crippen molar-refractivity contribution >= 4 is 0 Å². The molecule has 0 aliphatic carbocycles. The van der Waals surface area contributed by atoms with Gasteiger partial charge in [-0.15, -0.1) is 0 Å². The first-order valence-electron chi connectivity index (χ1n) is 7.92. The van der Waals surface area contributed by atoms with Crippen LogP contribution in [0.3, 0.4) is 0 Å². The standard InChI is InChI=1S/C19H22O6/c1-21-12-8-15(22-2)13-10-18(24-4)19(25-16(13)9-12)11-5-6-14(20)17(7-11)23-3/h5-9,18-20H,10H2,1-4H3. The highest BCUT2D eigenvalue weighted by Crippen LogP contribution is 2.44. The molecule has 1 aliphatic rings. The van der Waals surface area contributed by atoms with E-state index in [1.54, 1.807) is 39.5 Å². The van der Waals surface area contributed by atoms with Crippen LogP contribution in [0.1, 0.15) is 17.2 Å². The Morgan fingerprint density at radius 1 is 0.960 bits per heavy atom. The first-order valence-corrected chi connectivity index (χ1v) is 7.92. The summed E-state index contributed by atoms with van der Waals surface area (Å²) in [6, 6.07) is 8.82. The molecule has 2 aromatic rings. The number of rotatable bonds is 5. The molecule has 6 nitrogen and oxygen atoms in total. The molecule has 1 N–H and O–H groups in total. The fourth-order valence-corrected chi connectivity index (χ4v) is 3.08. The van der Waals surface area contributed by atoms with Gasteiger partial charge >= 0.3 is 0 Å². The first kappa shape index (κ1) is 17.2. The Bertz CT molecular complexity index is 758. The molecule has 25 heavy (non-hydrogen) atoms. The highest BCUT2D eigenvalue weighted by atomic mass is 16.5. The third-order valence-corrected chi connectivity index (χ3v) is 4.43. The van der Waals surface area contributed by atoms with Crippen LogP contribution in [-0.2, 0) is 11.2 Å². The van der Waals surface area contributed by atoms with Crippen molar-refractivity contribution in [2.24, 2.45) is 0 Å². The van der Waals surface area contributed by atoms with Crippen LogP contribution >= 0.6 is 0 Å². The van der Waals surface area contributed by atoms with Crippen molar-refractivity contribution in [2.45, 2.75) is 18.6 Å². The molecule has 2 atom stereocenters. The lowest BCUT2D eigenvalue weighted by Gasteiger charge is -2.34. The summed E-state index contributed by atoms with van der Waals surface area (Å²) < 4.78 is 27.9. The topological polar surface area (TPSA) is 66.4 Å². The Hall–Kier alpha value is -2.60. The normalized spacial score (nSPS) is 18.9. The molecule has 0 aromatic heterocycles. The molecule has 0 amide bonds. The van der Waals surface area contributed by atoms with Gasteiger partial charge in [0.05, 0.1) is 21.3 Å². The van der Waals surface area contributed by atoms with Gasteiger partial charge in [0.15, 0.2) is 17.6 Å². The van der Waals surface area contributed by atoms with Crippen molar-refractivity contribution in [2.75, 3.05) is 28.4 Å². The molecular weight excluding hydrogens is 324 g/mol. The molecule has 1 heterocycles. The summed E-state index contributed by atoms with van der Waals surface area (Å²) in [4.78, 5) is 0. The number of aromatic hydroxyl groups is 1. The quantitative estimate of drug-likeness (QED) is 0.897. The maximum absolute atomic E-state index is 9.82. The average molecular weight is 346 g/mol. The predicted molar refractivity (Wildman–Crippen MR) is 92.1 cm³/mol. The Morgan fingerprint density at radius 3 is 2.36 bits per heavy atom. The van der Waals surface area contributed by atoms with Gasteiger partial charge in [0.1, 0.15) is 23.4 Å². The van der Waals surface area contributed by atoms with Crippen LogP contribution < -0.4 is 18.9 Å². The number of methoxy groups -OCH3 is 4.